The highest BCUT2D eigenvalue weighted by Gasteiger charge is 2.25. The van der Waals surface area contributed by atoms with Crippen molar-refractivity contribution < 1.29 is 14.3 Å². The molecule has 1 N–H and O–H groups in total. The number of hydrogen-bond donors (Lipinski definition) is 1. The van der Waals surface area contributed by atoms with Gasteiger partial charge in [0.1, 0.15) is 0 Å². The van der Waals surface area contributed by atoms with E-state index in [0.717, 1.165) is 5.56 Å². The summed E-state index contributed by atoms with van der Waals surface area (Å²) in [6.45, 7) is 4.32. The van der Waals surface area contributed by atoms with Crippen molar-refractivity contribution in [1.29, 1.82) is 0 Å². The molecule has 1 aliphatic heterocycles. The molecule has 2 heterocycles. The number of rotatable bonds is 5. The van der Waals surface area contributed by atoms with Crippen LogP contribution in [0.15, 0.2) is 53.6 Å². The van der Waals surface area contributed by atoms with Gasteiger partial charge in [-0.3, -0.25) is 14.2 Å². The fourth-order valence-corrected chi connectivity index (χ4v) is 3.26. The largest absolute Gasteiger partial charge is 0.454 e. The van der Waals surface area contributed by atoms with E-state index < -0.39 is 5.54 Å². The lowest BCUT2D eigenvalue weighted by molar-refractivity contribution is -0.123. The molecule has 0 fully saturated rings. The Morgan fingerprint density at radius 3 is 2.82 bits per heavy atom. The molecule has 7 nitrogen and oxygen atoms in total. The minimum absolute atomic E-state index is 0.145. The Balaban J connectivity index is 1.44. The Labute approximate surface area is 161 Å². The van der Waals surface area contributed by atoms with Crippen LogP contribution >= 0.6 is 0 Å². The highest BCUT2D eigenvalue weighted by Crippen LogP contribution is 2.35. The van der Waals surface area contributed by atoms with Crippen LogP contribution in [0, 0.1) is 0 Å². The van der Waals surface area contributed by atoms with Crippen LogP contribution in [0.5, 0.6) is 11.5 Å². The summed E-state index contributed by atoms with van der Waals surface area (Å²) in [5.41, 5.74) is 0.824. The van der Waals surface area contributed by atoms with E-state index in [9.17, 15) is 9.59 Å². The first-order valence-electron chi connectivity index (χ1n) is 9.09. The smallest absolute Gasteiger partial charge is 0.261 e. The number of benzene rings is 2. The lowest BCUT2D eigenvalue weighted by Crippen LogP contribution is -2.41. The number of nitrogens with zero attached hydrogens (tertiary/aromatic N) is 2. The van der Waals surface area contributed by atoms with Crippen LogP contribution < -0.4 is 20.3 Å². The molecule has 7 heteroatoms. The van der Waals surface area contributed by atoms with Gasteiger partial charge in [-0.25, -0.2) is 4.98 Å². The Hall–Kier alpha value is -3.35. The molecule has 0 saturated carbocycles. The zero-order valence-electron chi connectivity index (χ0n) is 15.8. The van der Waals surface area contributed by atoms with Crippen molar-refractivity contribution in [2.45, 2.75) is 32.4 Å². The van der Waals surface area contributed by atoms with Gasteiger partial charge in [0.05, 0.1) is 22.8 Å². The molecule has 2 aromatic carbocycles. The van der Waals surface area contributed by atoms with Gasteiger partial charge in [0.25, 0.3) is 5.56 Å². The molecular formula is C21H21N3O4. The highest BCUT2D eigenvalue weighted by molar-refractivity contribution is 5.78. The molecule has 0 saturated heterocycles. The second kappa shape index (κ2) is 6.99. The molecule has 0 bridgehead atoms. The van der Waals surface area contributed by atoms with Crippen LogP contribution in [0.25, 0.3) is 10.9 Å². The number of ether oxygens (including phenoxy) is 2. The molecule has 0 unspecified atom stereocenters. The van der Waals surface area contributed by atoms with Gasteiger partial charge in [0.15, 0.2) is 11.5 Å². The summed E-state index contributed by atoms with van der Waals surface area (Å²) in [6.07, 6.45) is 1.66. The zero-order valence-corrected chi connectivity index (χ0v) is 15.8. The average Bonchev–Trinajstić information content (AvgIpc) is 3.15. The standard InChI is InChI=1S/C21H21N3O4/c1-21(2,14-7-8-17-18(11-14)28-13-27-17)23-19(25)9-10-24-12-22-16-6-4-3-5-15(16)20(24)26/h3-8,11-12H,9-10,13H2,1-2H3,(H,23,25). The number of nitrogens with one attached hydrogen (secondary N) is 1. The Morgan fingerprint density at radius 1 is 1.18 bits per heavy atom. The summed E-state index contributed by atoms with van der Waals surface area (Å²) in [4.78, 5) is 29.3. The topological polar surface area (TPSA) is 82.5 Å². The number of hydrogen-bond acceptors (Lipinski definition) is 5. The molecule has 4 rings (SSSR count). The quantitative estimate of drug-likeness (QED) is 0.737. The van der Waals surface area contributed by atoms with Crippen molar-refractivity contribution in [1.82, 2.24) is 14.9 Å². The number of aromatic nitrogens is 2. The van der Waals surface area contributed by atoms with Gasteiger partial charge in [-0.1, -0.05) is 18.2 Å². The first kappa shape index (κ1) is 18.0. The van der Waals surface area contributed by atoms with E-state index in [2.05, 4.69) is 10.3 Å². The molecule has 0 atom stereocenters. The summed E-state index contributed by atoms with van der Waals surface area (Å²) in [6, 6.07) is 12.8. The van der Waals surface area contributed by atoms with E-state index in [-0.39, 0.29) is 31.2 Å². The Morgan fingerprint density at radius 2 is 1.96 bits per heavy atom. The molecule has 144 valence electrons. The molecule has 1 amide bonds. The van der Waals surface area contributed by atoms with Crippen LogP contribution in [-0.4, -0.2) is 22.3 Å². The summed E-state index contributed by atoms with van der Waals surface area (Å²) in [5, 5.41) is 3.57. The van der Waals surface area contributed by atoms with E-state index in [1.54, 1.807) is 18.2 Å². The van der Waals surface area contributed by atoms with E-state index in [1.165, 1.54) is 10.9 Å². The van der Waals surface area contributed by atoms with Crippen molar-refractivity contribution in [3.05, 3.63) is 64.7 Å². The fourth-order valence-electron chi connectivity index (χ4n) is 3.26. The van der Waals surface area contributed by atoms with Crippen LogP contribution in [0.3, 0.4) is 0 Å². The fraction of sp³-hybridized carbons (Fsp3) is 0.286. The van der Waals surface area contributed by atoms with Crippen molar-refractivity contribution in [3.8, 4) is 11.5 Å². The predicted octanol–water partition coefficient (Wildman–Crippen LogP) is 2.57. The third-order valence-corrected chi connectivity index (χ3v) is 4.86. The van der Waals surface area contributed by atoms with Crippen molar-refractivity contribution in [3.63, 3.8) is 0 Å². The van der Waals surface area contributed by atoms with Crippen molar-refractivity contribution in [2.24, 2.45) is 0 Å². The third kappa shape index (κ3) is 3.43. The number of carbonyl (C=O) groups is 1. The van der Waals surface area contributed by atoms with E-state index in [0.29, 0.717) is 22.4 Å². The van der Waals surface area contributed by atoms with Crippen LogP contribution in [0.4, 0.5) is 0 Å². The second-order valence-corrected chi connectivity index (χ2v) is 7.25. The Kier molecular flexibility index (Phi) is 4.50. The average molecular weight is 379 g/mol. The van der Waals surface area contributed by atoms with Gasteiger partial charge < -0.3 is 14.8 Å². The van der Waals surface area contributed by atoms with E-state index in [1.807, 2.05) is 38.1 Å². The van der Waals surface area contributed by atoms with E-state index >= 15 is 0 Å². The number of fused-ring (bicyclic) bond motifs is 2. The number of aryl methyl sites for hydroxylation is 1. The molecule has 28 heavy (non-hydrogen) atoms. The van der Waals surface area contributed by atoms with Gasteiger partial charge in [-0.2, -0.15) is 0 Å². The SMILES string of the molecule is CC(C)(NC(=O)CCn1cnc2ccccc2c1=O)c1ccc2c(c1)OCO2. The molecule has 1 aliphatic rings. The first-order chi connectivity index (χ1) is 13.4. The van der Waals surface area contributed by atoms with Crippen LogP contribution in [-0.2, 0) is 16.9 Å². The maximum absolute atomic E-state index is 12.5. The van der Waals surface area contributed by atoms with Gasteiger partial charge in [-0.05, 0) is 43.7 Å². The highest BCUT2D eigenvalue weighted by atomic mass is 16.7. The third-order valence-electron chi connectivity index (χ3n) is 4.86. The molecule has 0 aliphatic carbocycles. The summed E-state index contributed by atoms with van der Waals surface area (Å²) >= 11 is 0. The molecule has 0 radical (unpaired) electrons. The van der Waals surface area contributed by atoms with Gasteiger partial charge in [-0.15, -0.1) is 0 Å². The minimum Gasteiger partial charge on any atom is -0.454 e. The lowest BCUT2D eigenvalue weighted by Gasteiger charge is -2.27. The van der Waals surface area contributed by atoms with Crippen molar-refractivity contribution >= 4 is 16.8 Å². The van der Waals surface area contributed by atoms with Gasteiger partial charge >= 0.3 is 0 Å². The number of para-hydroxylation sites is 1. The maximum atomic E-state index is 12.5. The number of carbonyl (C=O) groups excluding carboxylic acids is 1. The zero-order chi connectivity index (χ0) is 19.7. The molecule has 3 aromatic rings. The molecule has 0 spiro atoms. The summed E-state index contributed by atoms with van der Waals surface area (Å²) in [5.74, 6) is 1.23. The Bertz CT molecular complexity index is 1100. The monoisotopic (exact) mass is 379 g/mol. The maximum Gasteiger partial charge on any atom is 0.261 e. The van der Waals surface area contributed by atoms with Gasteiger partial charge in [0.2, 0.25) is 12.7 Å². The minimum atomic E-state index is -0.593. The lowest BCUT2D eigenvalue weighted by atomic mass is 9.93. The molecular weight excluding hydrogens is 358 g/mol. The van der Waals surface area contributed by atoms with E-state index in [4.69, 9.17) is 9.47 Å². The normalized spacial score (nSPS) is 12.9. The van der Waals surface area contributed by atoms with Crippen molar-refractivity contribution in [2.75, 3.05) is 6.79 Å². The summed E-state index contributed by atoms with van der Waals surface area (Å²) in [7, 11) is 0. The van der Waals surface area contributed by atoms with Gasteiger partial charge in [0, 0.05) is 13.0 Å². The summed E-state index contributed by atoms with van der Waals surface area (Å²) < 4.78 is 12.2. The van der Waals surface area contributed by atoms with Crippen LogP contribution in [0.1, 0.15) is 25.8 Å². The first-order valence-corrected chi connectivity index (χ1v) is 9.09. The molecule has 1 aromatic heterocycles. The number of amides is 1. The second-order valence-electron chi connectivity index (χ2n) is 7.25. The van der Waals surface area contributed by atoms with Crippen LogP contribution in [0.2, 0.25) is 0 Å². The predicted molar refractivity (Wildman–Crippen MR) is 104 cm³/mol.